The summed E-state index contributed by atoms with van der Waals surface area (Å²) in [5.41, 5.74) is 6.96. The first-order chi connectivity index (χ1) is 8.72. The summed E-state index contributed by atoms with van der Waals surface area (Å²) in [4.78, 5) is 4.22. The maximum absolute atomic E-state index is 8.76. The van der Waals surface area contributed by atoms with Crippen molar-refractivity contribution in [3.05, 3.63) is 17.8 Å². The molecule has 4 nitrogen and oxygen atoms in total. The molecule has 0 amide bonds. The van der Waals surface area contributed by atoms with Gasteiger partial charge in [0.25, 0.3) is 0 Å². The van der Waals surface area contributed by atoms with Crippen LogP contribution in [0, 0.1) is 17.2 Å². The van der Waals surface area contributed by atoms with E-state index in [4.69, 9.17) is 11.0 Å². The van der Waals surface area contributed by atoms with Crippen molar-refractivity contribution in [2.45, 2.75) is 45.1 Å². The summed E-state index contributed by atoms with van der Waals surface area (Å²) in [6.45, 7) is 2.26. The minimum absolute atomic E-state index is 0.468. The molecule has 1 aliphatic carbocycles. The van der Waals surface area contributed by atoms with Crippen LogP contribution in [0.5, 0.6) is 0 Å². The van der Waals surface area contributed by atoms with E-state index in [2.05, 4.69) is 17.2 Å². The van der Waals surface area contributed by atoms with Gasteiger partial charge in [0.2, 0.25) is 0 Å². The van der Waals surface area contributed by atoms with E-state index in [1.165, 1.54) is 32.1 Å². The SMILES string of the molecule is CCC1CCC(Nc2ncc(C#N)cc2N)CC1. The van der Waals surface area contributed by atoms with Crippen LogP contribution >= 0.6 is 0 Å². The predicted octanol–water partition coefficient (Wildman–Crippen LogP) is 2.92. The average molecular weight is 244 g/mol. The number of hydrogen-bond donors (Lipinski definition) is 2. The smallest absolute Gasteiger partial charge is 0.149 e. The highest BCUT2D eigenvalue weighted by Gasteiger charge is 2.20. The summed E-state index contributed by atoms with van der Waals surface area (Å²) in [6, 6.07) is 4.18. The zero-order valence-corrected chi connectivity index (χ0v) is 10.8. The Kier molecular flexibility index (Phi) is 4.03. The lowest BCUT2D eigenvalue weighted by atomic mass is 9.84. The van der Waals surface area contributed by atoms with Gasteiger partial charge in [0, 0.05) is 12.2 Å². The van der Waals surface area contributed by atoms with Gasteiger partial charge in [-0.1, -0.05) is 13.3 Å². The van der Waals surface area contributed by atoms with Crippen LogP contribution in [-0.2, 0) is 0 Å². The van der Waals surface area contributed by atoms with E-state index in [0.717, 1.165) is 5.92 Å². The van der Waals surface area contributed by atoms with Gasteiger partial charge in [-0.15, -0.1) is 0 Å². The van der Waals surface area contributed by atoms with E-state index in [1.807, 2.05) is 6.07 Å². The summed E-state index contributed by atoms with van der Waals surface area (Å²) >= 11 is 0. The number of aromatic nitrogens is 1. The molecule has 0 spiro atoms. The molecule has 1 aromatic heterocycles. The Balaban J connectivity index is 1.96. The molecule has 0 bridgehead atoms. The first-order valence-electron chi connectivity index (χ1n) is 6.65. The summed E-state index contributed by atoms with van der Waals surface area (Å²) in [7, 11) is 0. The predicted molar refractivity (Wildman–Crippen MR) is 73.0 cm³/mol. The first-order valence-corrected chi connectivity index (χ1v) is 6.65. The number of rotatable bonds is 3. The molecular weight excluding hydrogens is 224 g/mol. The molecule has 1 fully saturated rings. The minimum atomic E-state index is 0.468. The van der Waals surface area contributed by atoms with Gasteiger partial charge in [-0.2, -0.15) is 5.26 Å². The van der Waals surface area contributed by atoms with Crippen LogP contribution < -0.4 is 11.1 Å². The van der Waals surface area contributed by atoms with Gasteiger partial charge < -0.3 is 11.1 Å². The quantitative estimate of drug-likeness (QED) is 0.857. The zero-order valence-electron chi connectivity index (χ0n) is 10.8. The molecule has 0 atom stereocenters. The van der Waals surface area contributed by atoms with Crippen molar-refractivity contribution in [3.8, 4) is 6.07 Å². The molecule has 0 unspecified atom stereocenters. The molecule has 1 saturated carbocycles. The fourth-order valence-corrected chi connectivity index (χ4v) is 2.57. The number of nitrogens with zero attached hydrogens (tertiary/aromatic N) is 2. The van der Waals surface area contributed by atoms with Crippen LogP contribution in [0.4, 0.5) is 11.5 Å². The highest BCUT2D eigenvalue weighted by molar-refractivity contribution is 5.63. The molecule has 4 heteroatoms. The van der Waals surface area contributed by atoms with Crippen LogP contribution in [-0.4, -0.2) is 11.0 Å². The second-order valence-corrected chi connectivity index (χ2v) is 5.04. The van der Waals surface area contributed by atoms with Gasteiger partial charge in [-0.3, -0.25) is 0 Å². The Bertz CT molecular complexity index is 442. The maximum Gasteiger partial charge on any atom is 0.149 e. The van der Waals surface area contributed by atoms with Crippen molar-refractivity contribution in [1.82, 2.24) is 4.98 Å². The Hall–Kier alpha value is -1.76. The average Bonchev–Trinajstić information content (AvgIpc) is 2.42. The van der Waals surface area contributed by atoms with Crippen molar-refractivity contribution in [2.75, 3.05) is 11.1 Å². The zero-order chi connectivity index (χ0) is 13.0. The lowest BCUT2D eigenvalue weighted by Crippen LogP contribution is -2.26. The Labute approximate surface area is 108 Å². The number of nitrogens with one attached hydrogen (secondary N) is 1. The van der Waals surface area contributed by atoms with Crippen LogP contribution in [0.1, 0.15) is 44.6 Å². The number of nitriles is 1. The van der Waals surface area contributed by atoms with E-state index in [1.54, 1.807) is 12.3 Å². The Morgan fingerprint density at radius 2 is 2.17 bits per heavy atom. The third-order valence-corrected chi connectivity index (χ3v) is 3.81. The lowest BCUT2D eigenvalue weighted by Gasteiger charge is -2.29. The molecular formula is C14H20N4. The van der Waals surface area contributed by atoms with Crippen molar-refractivity contribution in [1.29, 1.82) is 5.26 Å². The van der Waals surface area contributed by atoms with Crippen molar-refractivity contribution < 1.29 is 0 Å². The van der Waals surface area contributed by atoms with E-state index in [0.29, 0.717) is 23.1 Å². The van der Waals surface area contributed by atoms with Crippen molar-refractivity contribution >= 4 is 11.5 Å². The fourth-order valence-electron chi connectivity index (χ4n) is 2.57. The molecule has 2 rings (SSSR count). The fraction of sp³-hybridized carbons (Fsp3) is 0.571. The van der Waals surface area contributed by atoms with Gasteiger partial charge in [-0.25, -0.2) is 4.98 Å². The molecule has 0 aliphatic heterocycles. The van der Waals surface area contributed by atoms with Crippen molar-refractivity contribution in [2.24, 2.45) is 5.92 Å². The topological polar surface area (TPSA) is 74.7 Å². The van der Waals surface area contributed by atoms with Crippen LogP contribution in [0.25, 0.3) is 0 Å². The summed E-state index contributed by atoms with van der Waals surface area (Å²) in [6.07, 6.45) is 7.77. The number of pyridine rings is 1. The maximum atomic E-state index is 8.76. The van der Waals surface area contributed by atoms with Gasteiger partial charge in [0.05, 0.1) is 11.3 Å². The Morgan fingerprint density at radius 1 is 1.44 bits per heavy atom. The highest BCUT2D eigenvalue weighted by atomic mass is 15.0. The number of hydrogen-bond acceptors (Lipinski definition) is 4. The third-order valence-electron chi connectivity index (χ3n) is 3.81. The molecule has 1 aliphatic rings. The number of nitrogen functional groups attached to an aromatic ring is 1. The van der Waals surface area contributed by atoms with E-state index in [-0.39, 0.29) is 0 Å². The van der Waals surface area contributed by atoms with Crippen molar-refractivity contribution in [3.63, 3.8) is 0 Å². The largest absolute Gasteiger partial charge is 0.396 e. The van der Waals surface area contributed by atoms with Gasteiger partial charge >= 0.3 is 0 Å². The van der Waals surface area contributed by atoms with E-state index in [9.17, 15) is 0 Å². The normalized spacial score (nSPS) is 23.3. The molecule has 3 N–H and O–H groups in total. The lowest BCUT2D eigenvalue weighted by molar-refractivity contribution is 0.330. The molecule has 0 radical (unpaired) electrons. The molecule has 0 aromatic carbocycles. The van der Waals surface area contributed by atoms with Gasteiger partial charge in [0.15, 0.2) is 0 Å². The monoisotopic (exact) mass is 244 g/mol. The first kappa shape index (κ1) is 12.7. The van der Waals surface area contributed by atoms with E-state index >= 15 is 0 Å². The van der Waals surface area contributed by atoms with Crippen LogP contribution in [0.2, 0.25) is 0 Å². The molecule has 96 valence electrons. The van der Waals surface area contributed by atoms with Crippen LogP contribution in [0.3, 0.4) is 0 Å². The third kappa shape index (κ3) is 2.92. The minimum Gasteiger partial charge on any atom is -0.396 e. The van der Waals surface area contributed by atoms with Gasteiger partial charge in [0.1, 0.15) is 11.9 Å². The molecule has 1 heterocycles. The Morgan fingerprint density at radius 3 is 2.72 bits per heavy atom. The van der Waals surface area contributed by atoms with E-state index < -0.39 is 0 Å². The molecule has 0 saturated heterocycles. The summed E-state index contributed by atoms with van der Waals surface area (Å²) in [5.74, 6) is 1.60. The molecule has 1 aromatic rings. The highest BCUT2D eigenvalue weighted by Crippen LogP contribution is 2.29. The number of nitrogens with two attached hydrogens (primary N) is 1. The summed E-state index contributed by atoms with van der Waals surface area (Å²) < 4.78 is 0. The second kappa shape index (κ2) is 5.72. The van der Waals surface area contributed by atoms with Gasteiger partial charge in [-0.05, 0) is 37.7 Å². The summed E-state index contributed by atoms with van der Waals surface area (Å²) in [5, 5.41) is 12.2. The second-order valence-electron chi connectivity index (χ2n) is 5.04. The number of anilines is 2. The standard InChI is InChI=1S/C14H20N4/c1-2-10-3-5-12(6-4-10)18-14-13(16)7-11(8-15)9-17-14/h7,9-10,12H,2-6,16H2,1H3,(H,17,18). The van der Waals surface area contributed by atoms with Crippen LogP contribution in [0.15, 0.2) is 12.3 Å². The molecule has 18 heavy (non-hydrogen) atoms.